The number of nitrogens with one attached hydrogen (secondary N) is 1. The van der Waals surface area contributed by atoms with Crippen LogP contribution in [0.3, 0.4) is 0 Å². The first-order chi connectivity index (χ1) is 12.9. The minimum absolute atomic E-state index is 0.179. The number of nitrogens with zero attached hydrogens (tertiary/aromatic N) is 1. The third-order valence-corrected chi connectivity index (χ3v) is 4.53. The van der Waals surface area contributed by atoms with Crippen molar-refractivity contribution >= 4 is 17.5 Å². The summed E-state index contributed by atoms with van der Waals surface area (Å²) in [6.07, 6.45) is 0.675. The van der Waals surface area contributed by atoms with Crippen molar-refractivity contribution in [3.05, 3.63) is 65.2 Å². The zero-order valence-electron chi connectivity index (χ0n) is 14.1. The molecule has 0 atom stereocenters. The molecule has 142 valence electrons. The van der Waals surface area contributed by atoms with Crippen LogP contribution in [0.2, 0.25) is 0 Å². The van der Waals surface area contributed by atoms with E-state index in [4.69, 9.17) is 0 Å². The van der Waals surface area contributed by atoms with E-state index in [1.54, 1.807) is 0 Å². The Labute approximate surface area is 152 Å². The van der Waals surface area contributed by atoms with Crippen molar-refractivity contribution in [3.8, 4) is 0 Å². The van der Waals surface area contributed by atoms with Gasteiger partial charge in [-0.3, -0.25) is 9.59 Å². The summed E-state index contributed by atoms with van der Waals surface area (Å²) in [6.45, 7) is 0.359. The number of carbonyl (C=O) groups excluding carboxylic acids is 2. The van der Waals surface area contributed by atoms with Crippen molar-refractivity contribution < 1.29 is 27.2 Å². The Morgan fingerprint density at radius 1 is 0.889 bits per heavy atom. The van der Waals surface area contributed by atoms with E-state index in [0.717, 1.165) is 6.07 Å². The molecule has 2 aromatic carbocycles. The van der Waals surface area contributed by atoms with E-state index in [1.165, 1.54) is 29.2 Å². The van der Waals surface area contributed by atoms with Crippen LogP contribution in [-0.2, 0) is 4.79 Å². The Balaban J connectivity index is 1.60. The molecule has 1 N–H and O–H groups in total. The maximum Gasteiger partial charge on any atom is 0.256 e. The average molecular weight is 380 g/mol. The maximum atomic E-state index is 13.8. The first kappa shape index (κ1) is 18.9. The van der Waals surface area contributed by atoms with Crippen LogP contribution in [-0.4, -0.2) is 29.8 Å². The van der Waals surface area contributed by atoms with Crippen LogP contribution >= 0.6 is 0 Å². The van der Waals surface area contributed by atoms with E-state index in [-0.39, 0.29) is 24.9 Å². The Kier molecular flexibility index (Phi) is 5.43. The fraction of sp³-hybridized carbons (Fsp3) is 0.263. The third-order valence-electron chi connectivity index (χ3n) is 4.53. The summed E-state index contributed by atoms with van der Waals surface area (Å²) < 4.78 is 53.0. The standard InChI is InChI=1S/C19H16F4N2O2/c20-12-1-3-13(4-2-12)24-18(26)11-7-9-25(10-8-11)19(27)14-5-6-15(21)17(23)16(14)22/h1-6,11H,7-10H2,(H,24,26). The number of anilines is 1. The summed E-state index contributed by atoms with van der Waals surface area (Å²) in [5.41, 5.74) is -0.0770. The highest BCUT2D eigenvalue weighted by molar-refractivity contribution is 5.95. The minimum atomic E-state index is -1.69. The molecule has 1 fully saturated rings. The van der Waals surface area contributed by atoms with Crippen molar-refractivity contribution in [2.45, 2.75) is 12.8 Å². The molecule has 8 heteroatoms. The van der Waals surface area contributed by atoms with Gasteiger partial charge in [0, 0.05) is 24.7 Å². The molecule has 0 bridgehead atoms. The predicted molar refractivity (Wildman–Crippen MR) is 90.0 cm³/mol. The number of amides is 2. The van der Waals surface area contributed by atoms with Crippen LogP contribution in [0.5, 0.6) is 0 Å². The molecular formula is C19H16F4N2O2. The van der Waals surface area contributed by atoms with E-state index in [1.807, 2.05) is 0 Å². The fourth-order valence-corrected chi connectivity index (χ4v) is 2.98. The Hall–Kier alpha value is -2.90. The van der Waals surface area contributed by atoms with Gasteiger partial charge in [-0.2, -0.15) is 0 Å². The number of hydrogen-bond acceptors (Lipinski definition) is 2. The zero-order valence-corrected chi connectivity index (χ0v) is 14.1. The molecule has 0 spiro atoms. The van der Waals surface area contributed by atoms with Crippen molar-refractivity contribution in [1.29, 1.82) is 0 Å². The average Bonchev–Trinajstić information content (AvgIpc) is 2.67. The summed E-state index contributed by atoms with van der Waals surface area (Å²) in [7, 11) is 0. The minimum Gasteiger partial charge on any atom is -0.339 e. The SMILES string of the molecule is O=C(Nc1ccc(F)cc1)C1CCN(C(=O)c2ccc(F)c(F)c2F)CC1. The molecule has 27 heavy (non-hydrogen) atoms. The number of halogens is 4. The lowest BCUT2D eigenvalue weighted by molar-refractivity contribution is -0.121. The van der Waals surface area contributed by atoms with Gasteiger partial charge in [-0.05, 0) is 49.2 Å². The van der Waals surface area contributed by atoms with Gasteiger partial charge in [0.25, 0.3) is 5.91 Å². The van der Waals surface area contributed by atoms with Gasteiger partial charge in [0.15, 0.2) is 17.5 Å². The molecule has 4 nitrogen and oxygen atoms in total. The van der Waals surface area contributed by atoms with Crippen molar-refractivity contribution in [1.82, 2.24) is 4.90 Å². The lowest BCUT2D eigenvalue weighted by Crippen LogP contribution is -2.41. The van der Waals surface area contributed by atoms with Gasteiger partial charge in [0.2, 0.25) is 5.91 Å². The summed E-state index contributed by atoms with van der Waals surface area (Å²) in [6, 6.07) is 6.95. The molecular weight excluding hydrogens is 364 g/mol. The third kappa shape index (κ3) is 4.10. The van der Waals surface area contributed by atoms with Crippen molar-refractivity contribution in [2.75, 3.05) is 18.4 Å². The highest BCUT2D eigenvalue weighted by Crippen LogP contribution is 2.23. The molecule has 1 aliphatic rings. The van der Waals surface area contributed by atoms with Crippen molar-refractivity contribution in [3.63, 3.8) is 0 Å². The molecule has 0 aliphatic carbocycles. The highest BCUT2D eigenvalue weighted by atomic mass is 19.2. The van der Waals surface area contributed by atoms with Crippen LogP contribution in [0, 0.1) is 29.2 Å². The summed E-state index contributed by atoms with van der Waals surface area (Å²) >= 11 is 0. The van der Waals surface area contributed by atoms with Gasteiger partial charge in [-0.15, -0.1) is 0 Å². The Morgan fingerprint density at radius 3 is 2.15 bits per heavy atom. The van der Waals surface area contributed by atoms with Gasteiger partial charge >= 0.3 is 0 Å². The Morgan fingerprint density at radius 2 is 1.52 bits per heavy atom. The topological polar surface area (TPSA) is 49.4 Å². The van der Waals surface area contributed by atoms with E-state index in [2.05, 4.69) is 5.32 Å². The number of benzene rings is 2. The molecule has 0 saturated carbocycles. The monoisotopic (exact) mass is 380 g/mol. The molecule has 2 aromatic rings. The van der Waals surface area contributed by atoms with Gasteiger partial charge < -0.3 is 10.2 Å². The van der Waals surface area contributed by atoms with Gasteiger partial charge in [-0.25, -0.2) is 17.6 Å². The molecule has 2 amide bonds. The summed E-state index contributed by atoms with van der Waals surface area (Å²) in [4.78, 5) is 25.9. The lowest BCUT2D eigenvalue weighted by atomic mass is 9.95. The molecule has 0 unspecified atom stereocenters. The molecule has 0 aromatic heterocycles. The van der Waals surface area contributed by atoms with Crippen LogP contribution in [0.1, 0.15) is 23.2 Å². The number of piperidine rings is 1. The number of carbonyl (C=O) groups is 2. The first-order valence-electron chi connectivity index (χ1n) is 8.36. The van der Waals surface area contributed by atoms with E-state index < -0.39 is 34.7 Å². The van der Waals surface area contributed by atoms with Crippen LogP contribution in [0.4, 0.5) is 23.2 Å². The largest absolute Gasteiger partial charge is 0.339 e. The second kappa shape index (κ2) is 7.77. The van der Waals surface area contributed by atoms with E-state index >= 15 is 0 Å². The molecule has 1 heterocycles. The number of likely N-dealkylation sites (tertiary alicyclic amines) is 1. The Bertz CT molecular complexity index is 863. The second-order valence-electron chi connectivity index (χ2n) is 6.29. The van der Waals surface area contributed by atoms with Crippen molar-refractivity contribution in [2.24, 2.45) is 5.92 Å². The van der Waals surface area contributed by atoms with Crippen LogP contribution < -0.4 is 5.32 Å². The fourth-order valence-electron chi connectivity index (χ4n) is 2.98. The summed E-state index contributed by atoms with van der Waals surface area (Å²) in [5.74, 6) is -6.35. The number of hydrogen-bond donors (Lipinski definition) is 1. The zero-order chi connectivity index (χ0) is 19.6. The molecule has 1 saturated heterocycles. The number of rotatable bonds is 3. The highest BCUT2D eigenvalue weighted by Gasteiger charge is 2.30. The van der Waals surface area contributed by atoms with E-state index in [0.29, 0.717) is 24.6 Å². The van der Waals surface area contributed by atoms with Gasteiger partial charge in [0.1, 0.15) is 5.82 Å². The second-order valence-corrected chi connectivity index (χ2v) is 6.29. The first-order valence-corrected chi connectivity index (χ1v) is 8.36. The lowest BCUT2D eigenvalue weighted by Gasteiger charge is -2.31. The van der Waals surface area contributed by atoms with Crippen LogP contribution in [0.25, 0.3) is 0 Å². The maximum absolute atomic E-state index is 13.8. The smallest absolute Gasteiger partial charge is 0.256 e. The van der Waals surface area contributed by atoms with Crippen LogP contribution in [0.15, 0.2) is 36.4 Å². The molecule has 0 radical (unpaired) electrons. The normalized spacial score (nSPS) is 14.9. The summed E-state index contributed by atoms with van der Waals surface area (Å²) in [5, 5.41) is 2.68. The molecule has 1 aliphatic heterocycles. The van der Waals surface area contributed by atoms with Gasteiger partial charge in [0.05, 0.1) is 5.56 Å². The molecule has 3 rings (SSSR count). The predicted octanol–water partition coefficient (Wildman–Crippen LogP) is 3.73. The van der Waals surface area contributed by atoms with Gasteiger partial charge in [-0.1, -0.05) is 0 Å². The quantitative estimate of drug-likeness (QED) is 0.652. The van der Waals surface area contributed by atoms with E-state index in [9.17, 15) is 27.2 Å².